The number of ether oxygens (including phenoxy) is 3. The molecule has 26 heavy (non-hydrogen) atoms. The molecule has 1 aliphatic heterocycles. The molecule has 1 fully saturated rings. The van der Waals surface area contributed by atoms with E-state index in [0.29, 0.717) is 11.1 Å². The molecule has 1 heterocycles. The maximum atomic E-state index is 14.4. The van der Waals surface area contributed by atoms with Gasteiger partial charge in [0.1, 0.15) is 12.7 Å². The monoisotopic (exact) mass is 358 g/mol. The fraction of sp³-hybridized carbons (Fsp3) is 0.300. The third-order valence-corrected chi connectivity index (χ3v) is 4.16. The first kappa shape index (κ1) is 18.1. The molecule has 0 N–H and O–H groups in total. The minimum absolute atomic E-state index is 0.203. The number of hydrogen-bond acceptors (Lipinski definition) is 5. The van der Waals surface area contributed by atoms with Crippen LogP contribution >= 0.6 is 0 Å². The number of carbonyl (C=O) groups excluding carboxylic acids is 2. The van der Waals surface area contributed by atoms with Crippen LogP contribution in [0.1, 0.15) is 27.6 Å². The first-order valence-corrected chi connectivity index (χ1v) is 8.34. The van der Waals surface area contributed by atoms with E-state index in [1.54, 1.807) is 67.6 Å². The highest BCUT2D eigenvalue weighted by molar-refractivity contribution is 5.90. The molecule has 0 amide bonds. The fourth-order valence-corrected chi connectivity index (χ4v) is 2.76. The third kappa shape index (κ3) is 4.08. The summed E-state index contributed by atoms with van der Waals surface area (Å²) in [6, 6.07) is 16.8. The van der Waals surface area contributed by atoms with Crippen molar-refractivity contribution in [1.29, 1.82) is 0 Å². The van der Waals surface area contributed by atoms with Crippen LogP contribution in [0.4, 0.5) is 4.39 Å². The van der Waals surface area contributed by atoms with E-state index in [4.69, 9.17) is 14.2 Å². The normalized spacial score (nSPS) is 24.8. The predicted molar refractivity (Wildman–Crippen MR) is 91.6 cm³/mol. The quantitative estimate of drug-likeness (QED) is 0.768. The fourth-order valence-electron chi connectivity index (χ4n) is 2.76. The molecule has 0 radical (unpaired) electrons. The Morgan fingerprint density at radius 3 is 2.08 bits per heavy atom. The number of alkyl halides is 1. The third-order valence-electron chi connectivity index (χ3n) is 4.16. The predicted octanol–water partition coefficient (Wildman–Crippen LogP) is 3.19. The Hall–Kier alpha value is -2.73. The number of halogens is 1. The van der Waals surface area contributed by atoms with Crippen molar-refractivity contribution in [3.05, 3.63) is 71.8 Å². The van der Waals surface area contributed by atoms with Crippen molar-refractivity contribution >= 4 is 11.9 Å². The SMILES string of the molecule is CC1O[C@H](COC(=O)c2ccccc2)[C@@H](OC(=O)c2ccccc2)[C@@H]1F. The highest BCUT2D eigenvalue weighted by Crippen LogP contribution is 2.27. The average molecular weight is 358 g/mol. The van der Waals surface area contributed by atoms with Crippen molar-refractivity contribution in [3.63, 3.8) is 0 Å². The summed E-state index contributed by atoms with van der Waals surface area (Å²) < 4.78 is 30.4. The van der Waals surface area contributed by atoms with Gasteiger partial charge in [0.15, 0.2) is 12.3 Å². The van der Waals surface area contributed by atoms with Gasteiger partial charge in [-0.15, -0.1) is 0 Å². The van der Waals surface area contributed by atoms with Crippen LogP contribution in [-0.4, -0.2) is 43.0 Å². The van der Waals surface area contributed by atoms with Crippen molar-refractivity contribution in [2.75, 3.05) is 6.61 Å². The molecule has 0 aliphatic carbocycles. The molecule has 3 rings (SSSR count). The molecule has 5 nitrogen and oxygen atoms in total. The molecule has 4 atom stereocenters. The van der Waals surface area contributed by atoms with Gasteiger partial charge in [0.25, 0.3) is 0 Å². The Balaban J connectivity index is 1.63. The maximum Gasteiger partial charge on any atom is 0.338 e. The summed E-state index contributed by atoms with van der Waals surface area (Å²) in [5.41, 5.74) is 0.701. The van der Waals surface area contributed by atoms with Crippen LogP contribution in [-0.2, 0) is 14.2 Å². The average Bonchev–Trinajstić information content (AvgIpc) is 2.95. The van der Waals surface area contributed by atoms with Gasteiger partial charge >= 0.3 is 11.9 Å². The van der Waals surface area contributed by atoms with Crippen molar-refractivity contribution in [2.24, 2.45) is 0 Å². The van der Waals surface area contributed by atoms with Gasteiger partial charge in [-0.3, -0.25) is 0 Å². The summed E-state index contributed by atoms with van der Waals surface area (Å²) >= 11 is 0. The van der Waals surface area contributed by atoms with Crippen molar-refractivity contribution in [2.45, 2.75) is 31.4 Å². The lowest BCUT2D eigenvalue weighted by atomic mass is 10.1. The van der Waals surface area contributed by atoms with Crippen LogP contribution in [0.15, 0.2) is 60.7 Å². The van der Waals surface area contributed by atoms with Crippen LogP contribution in [0.25, 0.3) is 0 Å². The van der Waals surface area contributed by atoms with Gasteiger partial charge in [-0.25, -0.2) is 14.0 Å². The Labute approximate surface area is 150 Å². The van der Waals surface area contributed by atoms with E-state index in [1.807, 2.05) is 0 Å². The van der Waals surface area contributed by atoms with Crippen LogP contribution in [0, 0.1) is 0 Å². The highest BCUT2D eigenvalue weighted by atomic mass is 19.1. The molecule has 2 aromatic carbocycles. The number of esters is 2. The summed E-state index contributed by atoms with van der Waals surface area (Å²) in [6.07, 6.45) is -4.26. The van der Waals surface area contributed by atoms with Gasteiger partial charge in [-0.05, 0) is 31.2 Å². The van der Waals surface area contributed by atoms with Gasteiger partial charge in [-0.2, -0.15) is 0 Å². The van der Waals surface area contributed by atoms with Crippen molar-refractivity contribution < 1.29 is 28.2 Å². The standard InChI is InChI=1S/C20H19FO5/c1-13-17(21)18(26-20(23)15-10-6-3-7-11-15)16(25-13)12-24-19(22)14-8-4-2-5-9-14/h2-11,13,16-18H,12H2,1H3/t13?,16-,17-,18-/m1/s1. The van der Waals surface area contributed by atoms with E-state index in [1.165, 1.54) is 0 Å². The summed E-state index contributed by atoms with van der Waals surface area (Å²) in [5.74, 6) is -1.19. The lowest BCUT2D eigenvalue weighted by Gasteiger charge is -2.20. The number of hydrogen-bond donors (Lipinski definition) is 0. The van der Waals surface area contributed by atoms with E-state index in [-0.39, 0.29) is 6.61 Å². The Bertz CT molecular complexity index is 749. The lowest BCUT2D eigenvalue weighted by molar-refractivity contribution is -0.0403. The summed E-state index contributed by atoms with van der Waals surface area (Å²) in [4.78, 5) is 24.2. The minimum atomic E-state index is -1.50. The molecular formula is C20H19FO5. The van der Waals surface area contributed by atoms with Crippen molar-refractivity contribution in [3.8, 4) is 0 Å². The summed E-state index contributed by atoms with van der Waals surface area (Å²) in [7, 11) is 0. The van der Waals surface area contributed by atoms with Crippen LogP contribution in [0.2, 0.25) is 0 Å². The van der Waals surface area contributed by atoms with Gasteiger partial charge in [0.2, 0.25) is 0 Å². The van der Waals surface area contributed by atoms with Crippen molar-refractivity contribution in [1.82, 2.24) is 0 Å². The molecule has 0 aromatic heterocycles. The molecule has 6 heteroatoms. The Morgan fingerprint density at radius 1 is 0.962 bits per heavy atom. The maximum absolute atomic E-state index is 14.4. The molecule has 1 aliphatic rings. The molecule has 136 valence electrons. The van der Waals surface area contributed by atoms with E-state index in [2.05, 4.69) is 0 Å². The first-order valence-electron chi connectivity index (χ1n) is 8.34. The summed E-state index contributed by atoms with van der Waals surface area (Å²) in [5, 5.41) is 0. The second kappa shape index (κ2) is 8.10. The highest BCUT2D eigenvalue weighted by Gasteiger charge is 2.46. The van der Waals surface area contributed by atoms with E-state index in [0.717, 1.165) is 0 Å². The first-order chi connectivity index (χ1) is 12.6. The van der Waals surface area contributed by atoms with E-state index in [9.17, 15) is 14.0 Å². The van der Waals surface area contributed by atoms with Crippen LogP contribution in [0.3, 0.4) is 0 Å². The zero-order valence-electron chi connectivity index (χ0n) is 14.2. The Morgan fingerprint density at radius 2 is 1.50 bits per heavy atom. The Kier molecular flexibility index (Phi) is 5.63. The van der Waals surface area contributed by atoms with E-state index >= 15 is 0 Å². The lowest BCUT2D eigenvalue weighted by Crippen LogP contribution is -2.37. The molecule has 1 unspecified atom stereocenters. The van der Waals surface area contributed by atoms with E-state index < -0.39 is 36.4 Å². The molecular weight excluding hydrogens is 339 g/mol. The topological polar surface area (TPSA) is 61.8 Å². The van der Waals surface area contributed by atoms with Crippen LogP contribution in [0.5, 0.6) is 0 Å². The molecule has 1 saturated heterocycles. The van der Waals surface area contributed by atoms with Crippen LogP contribution < -0.4 is 0 Å². The minimum Gasteiger partial charge on any atom is -0.459 e. The molecule has 2 aromatic rings. The number of benzene rings is 2. The van der Waals surface area contributed by atoms with Gasteiger partial charge in [-0.1, -0.05) is 36.4 Å². The van der Waals surface area contributed by atoms with Gasteiger partial charge in [0.05, 0.1) is 17.2 Å². The second-order valence-electron chi connectivity index (χ2n) is 6.02. The largest absolute Gasteiger partial charge is 0.459 e. The molecule has 0 bridgehead atoms. The van der Waals surface area contributed by atoms with Gasteiger partial charge < -0.3 is 14.2 Å². The zero-order chi connectivity index (χ0) is 18.5. The second-order valence-corrected chi connectivity index (χ2v) is 6.02. The summed E-state index contributed by atoms with van der Waals surface area (Å²) in [6.45, 7) is 1.35. The smallest absolute Gasteiger partial charge is 0.338 e. The number of rotatable bonds is 5. The number of carbonyl (C=O) groups is 2. The zero-order valence-corrected chi connectivity index (χ0v) is 14.2. The molecule has 0 saturated carbocycles. The molecule has 0 spiro atoms. The van der Waals surface area contributed by atoms with Gasteiger partial charge in [0, 0.05) is 0 Å².